The number of carbonyl (C=O) groups excluding carboxylic acids is 1. The Kier molecular flexibility index (Phi) is 4.33. The van der Waals surface area contributed by atoms with Gasteiger partial charge in [-0.2, -0.15) is 10.2 Å². The van der Waals surface area contributed by atoms with Crippen LogP contribution in [0.15, 0.2) is 61.1 Å². The summed E-state index contributed by atoms with van der Waals surface area (Å²) in [6.07, 6.45) is 8.76. The second-order valence-electron chi connectivity index (χ2n) is 6.36. The molecule has 1 saturated heterocycles. The lowest BCUT2D eigenvalue weighted by Crippen LogP contribution is -2.46. The number of para-hydroxylation sites is 1. The van der Waals surface area contributed by atoms with Crippen LogP contribution >= 0.6 is 0 Å². The second kappa shape index (κ2) is 6.93. The number of amides is 1. The highest BCUT2D eigenvalue weighted by Gasteiger charge is 2.29. The molecule has 4 rings (SSSR count). The maximum Gasteiger partial charge on any atom is 0.274 e. The summed E-state index contributed by atoms with van der Waals surface area (Å²) in [7, 11) is 0. The highest BCUT2D eigenvalue weighted by Crippen LogP contribution is 2.21. The number of carbonyl (C=O) groups is 1. The maximum absolute atomic E-state index is 13.0. The zero-order valence-electron chi connectivity index (χ0n) is 14.0. The van der Waals surface area contributed by atoms with Gasteiger partial charge < -0.3 is 4.90 Å². The highest BCUT2D eigenvalue weighted by molar-refractivity contribution is 5.92. The number of rotatable bonds is 4. The lowest BCUT2D eigenvalue weighted by Gasteiger charge is -2.35. The van der Waals surface area contributed by atoms with E-state index >= 15 is 0 Å². The van der Waals surface area contributed by atoms with Gasteiger partial charge in [0, 0.05) is 25.1 Å². The van der Waals surface area contributed by atoms with Crippen molar-refractivity contribution in [3.8, 4) is 5.69 Å². The summed E-state index contributed by atoms with van der Waals surface area (Å²) in [5, 5.41) is 8.77. The van der Waals surface area contributed by atoms with Crippen LogP contribution in [0.3, 0.4) is 0 Å². The van der Waals surface area contributed by atoms with Gasteiger partial charge in [0.1, 0.15) is 0 Å². The van der Waals surface area contributed by atoms with E-state index in [0.29, 0.717) is 5.69 Å². The lowest BCUT2D eigenvalue weighted by molar-refractivity contribution is 0.0577. The molecule has 6 heteroatoms. The van der Waals surface area contributed by atoms with E-state index in [1.54, 1.807) is 16.9 Å². The van der Waals surface area contributed by atoms with Crippen molar-refractivity contribution in [2.45, 2.75) is 31.8 Å². The number of likely N-dealkylation sites (tertiary alicyclic amines) is 1. The van der Waals surface area contributed by atoms with E-state index in [1.165, 1.54) is 0 Å². The predicted octanol–water partition coefficient (Wildman–Crippen LogP) is 2.76. The van der Waals surface area contributed by atoms with E-state index in [2.05, 4.69) is 10.2 Å². The molecule has 1 aliphatic rings. The molecule has 0 spiro atoms. The predicted molar refractivity (Wildman–Crippen MR) is 94.5 cm³/mol. The Morgan fingerprint density at radius 2 is 1.96 bits per heavy atom. The summed E-state index contributed by atoms with van der Waals surface area (Å²) in [5.74, 6) is 0.00605. The van der Waals surface area contributed by atoms with E-state index in [1.807, 2.05) is 58.4 Å². The third-order valence-electron chi connectivity index (χ3n) is 4.67. The van der Waals surface area contributed by atoms with Gasteiger partial charge in [0.2, 0.25) is 0 Å². The molecule has 6 nitrogen and oxygen atoms in total. The van der Waals surface area contributed by atoms with Crippen molar-refractivity contribution in [1.29, 1.82) is 0 Å². The Morgan fingerprint density at radius 1 is 1.08 bits per heavy atom. The summed E-state index contributed by atoms with van der Waals surface area (Å²) >= 11 is 0. The fraction of sp³-hybridized carbons (Fsp3) is 0.316. The molecule has 3 aromatic rings. The number of nitrogens with zero attached hydrogens (tertiary/aromatic N) is 5. The Morgan fingerprint density at radius 3 is 2.76 bits per heavy atom. The molecule has 1 aromatic carbocycles. The molecule has 0 saturated carbocycles. The molecule has 128 valence electrons. The molecule has 3 heterocycles. The fourth-order valence-corrected chi connectivity index (χ4v) is 3.39. The van der Waals surface area contributed by atoms with Gasteiger partial charge in [-0.3, -0.25) is 9.48 Å². The molecule has 0 aliphatic carbocycles. The van der Waals surface area contributed by atoms with E-state index in [4.69, 9.17) is 0 Å². The first-order chi connectivity index (χ1) is 12.3. The molecule has 0 bridgehead atoms. The molecule has 25 heavy (non-hydrogen) atoms. The fourth-order valence-electron chi connectivity index (χ4n) is 3.39. The third kappa shape index (κ3) is 3.33. The van der Waals surface area contributed by atoms with E-state index < -0.39 is 0 Å². The van der Waals surface area contributed by atoms with Gasteiger partial charge in [-0.15, -0.1) is 0 Å². The Balaban J connectivity index is 1.53. The van der Waals surface area contributed by atoms with Crippen molar-refractivity contribution < 1.29 is 4.79 Å². The molecule has 1 atom stereocenters. The SMILES string of the molecule is O=C(c1ccn(-c2ccccc2)n1)N1CCCC[C@@H]1Cn1cccn1. The standard InChI is InChI=1S/C19H21N5O/c25-19(18-10-14-24(21-18)16-7-2-1-3-8-16)23-13-5-4-9-17(23)15-22-12-6-11-20-22/h1-3,6-8,10-12,14,17H,4-5,9,13,15H2/t17-/m1/s1. The summed E-state index contributed by atoms with van der Waals surface area (Å²) in [6, 6.07) is 13.7. The molecule has 0 N–H and O–H groups in total. The third-order valence-corrected chi connectivity index (χ3v) is 4.67. The van der Waals surface area contributed by atoms with Crippen molar-refractivity contribution >= 4 is 5.91 Å². The number of hydrogen-bond donors (Lipinski definition) is 0. The van der Waals surface area contributed by atoms with Crippen molar-refractivity contribution in [2.75, 3.05) is 6.54 Å². The zero-order chi connectivity index (χ0) is 17.1. The molecule has 1 amide bonds. The van der Waals surface area contributed by atoms with Crippen LogP contribution in [-0.2, 0) is 6.54 Å². The number of hydrogen-bond acceptors (Lipinski definition) is 3. The molecular weight excluding hydrogens is 314 g/mol. The summed E-state index contributed by atoms with van der Waals surface area (Å²) in [4.78, 5) is 15.0. The van der Waals surface area contributed by atoms with Gasteiger partial charge >= 0.3 is 0 Å². The van der Waals surface area contributed by atoms with Gasteiger partial charge in [-0.05, 0) is 43.5 Å². The minimum absolute atomic E-state index is 0.00605. The molecule has 0 radical (unpaired) electrons. The van der Waals surface area contributed by atoms with Crippen molar-refractivity contribution in [3.63, 3.8) is 0 Å². The topological polar surface area (TPSA) is 56.0 Å². The molecule has 1 aliphatic heterocycles. The van der Waals surface area contributed by atoms with Gasteiger partial charge in [-0.25, -0.2) is 4.68 Å². The number of piperidine rings is 1. The minimum atomic E-state index is 0.00605. The lowest BCUT2D eigenvalue weighted by atomic mass is 10.0. The van der Waals surface area contributed by atoms with E-state index in [-0.39, 0.29) is 11.9 Å². The summed E-state index contributed by atoms with van der Waals surface area (Å²) in [5.41, 5.74) is 1.45. The average molecular weight is 335 g/mol. The zero-order valence-corrected chi connectivity index (χ0v) is 14.0. The first kappa shape index (κ1) is 15.6. The molecule has 0 unspecified atom stereocenters. The van der Waals surface area contributed by atoms with E-state index in [0.717, 1.165) is 38.0 Å². The smallest absolute Gasteiger partial charge is 0.274 e. The Labute approximate surface area is 146 Å². The first-order valence-electron chi connectivity index (χ1n) is 8.71. The Bertz CT molecular complexity index is 825. The normalized spacial score (nSPS) is 17.6. The van der Waals surface area contributed by atoms with Gasteiger partial charge in [0.15, 0.2) is 5.69 Å². The van der Waals surface area contributed by atoms with Gasteiger partial charge in [0.25, 0.3) is 5.91 Å². The largest absolute Gasteiger partial charge is 0.332 e. The summed E-state index contributed by atoms with van der Waals surface area (Å²) in [6.45, 7) is 1.51. The maximum atomic E-state index is 13.0. The minimum Gasteiger partial charge on any atom is -0.332 e. The van der Waals surface area contributed by atoms with Crippen molar-refractivity contribution in [2.24, 2.45) is 0 Å². The van der Waals surface area contributed by atoms with Crippen LogP contribution in [0.4, 0.5) is 0 Å². The first-order valence-corrected chi connectivity index (χ1v) is 8.71. The number of aromatic nitrogens is 4. The van der Waals surface area contributed by atoms with Crippen LogP contribution in [0.25, 0.3) is 5.69 Å². The molecule has 2 aromatic heterocycles. The van der Waals surface area contributed by atoms with Crippen molar-refractivity contribution in [1.82, 2.24) is 24.5 Å². The molecular formula is C19H21N5O. The van der Waals surface area contributed by atoms with Gasteiger partial charge in [-0.1, -0.05) is 18.2 Å². The van der Waals surface area contributed by atoms with Crippen LogP contribution in [0.1, 0.15) is 29.8 Å². The monoisotopic (exact) mass is 335 g/mol. The molecule has 1 fully saturated rings. The van der Waals surface area contributed by atoms with Gasteiger partial charge in [0.05, 0.1) is 18.3 Å². The van der Waals surface area contributed by atoms with Crippen LogP contribution in [-0.4, -0.2) is 43.0 Å². The van der Waals surface area contributed by atoms with Crippen molar-refractivity contribution in [3.05, 3.63) is 66.7 Å². The highest BCUT2D eigenvalue weighted by atomic mass is 16.2. The van der Waals surface area contributed by atoms with Crippen LogP contribution in [0, 0.1) is 0 Å². The van der Waals surface area contributed by atoms with Crippen LogP contribution in [0.5, 0.6) is 0 Å². The van der Waals surface area contributed by atoms with Crippen LogP contribution < -0.4 is 0 Å². The summed E-state index contributed by atoms with van der Waals surface area (Å²) < 4.78 is 3.65. The average Bonchev–Trinajstić information content (AvgIpc) is 3.34. The second-order valence-corrected chi connectivity index (χ2v) is 6.36. The Hall–Kier alpha value is -2.89. The number of benzene rings is 1. The van der Waals surface area contributed by atoms with E-state index in [9.17, 15) is 4.79 Å². The van der Waals surface area contributed by atoms with Crippen LogP contribution in [0.2, 0.25) is 0 Å². The quantitative estimate of drug-likeness (QED) is 0.737.